The van der Waals surface area contributed by atoms with Crippen LogP contribution in [-0.2, 0) is 22.6 Å². The Kier molecular flexibility index (Phi) is 5.00. The lowest BCUT2D eigenvalue weighted by Gasteiger charge is -2.20. The summed E-state index contributed by atoms with van der Waals surface area (Å²) in [5.41, 5.74) is 2.53. The van der Waals surface area contributed by atoms with Crippen molar-refractivity contribution in [3.8, 4) is 0 Å². The van der Waals surface area contributed by atoms with Crippen LogP contribution in [-0.4, -0.2) is 49.4 Å². The Morgan fingerprint density at radius 3 is 2.76 bits per heavy atom. The van der Waals surface area contributed by atoms with Crippen LogP contribution >= 0.6 is 11.3 Å². The normalized spacial score (nSPS) is 13.9. The van der Waals surface area contributed by atoms with Gasteiger partial charge in [0.25, 0.3) is 0 Å². The monoisotopic (exact) mass is 359 g/mol. The molecular weight excluding hydrogens is 338 g/mol. The summed E-state index contributed by atoms with van der Waals surface area (Å²) < 4.78 is 0. The highest BCUT2D eigenvalue weighted by molar-refractivity contribution is 7.16. The van der Waals surface area contributed by atoms with E-state index in [1.807, 2.05) is 37.2 Å². The molecule has 0 atom stereocenters. The zero-order chi connectivity index (χ0) is 18.0. The van der Waals surface area contributed by atoms with Gasteiger partial charge in [-0.05, 0) is 25.2 Å². The molecule has 0 saturated heterocycles. The first-order valence-corrected chi connectivity index (χ1v) is 8.81. The van der Waals surface area contributed by atoms with Crippen LogP contribution < -0.4 is 15.5 Å². The predicted octanol–water partition coefficient (Wildman–Crippen LogP) is 1.77. The van der Waals surface area contributed by atoms with Gasteiger partial charge in [-0.3, -0.25) is 14.9 Å². The average molecular weight is 359 g/mol. The molecule has 2 aromatic rings. The van der Waals surface area contributed by atoms with Gasteiger partial charge in [-0.15, -0.1) is 11.3 Å². The number of aromatic nitrogens is 1. The molecule has 0 saturated carbocycles. The van der Waals surface area contributed by atoms with Crippen molar-refractivity contribution in [2.45, 2.75) is 13.0 Å². The summed E-state index contributed by atoms with van der Waals surface area (Å²) in [6.07, 6.45) is 0.863. The minimum atomic E-state index is -0.713. The number of likely N-dealkylation sites (N-methyl/N-ethyl adjacent to an activating group) is 1. The molecule has 2 heterocycles. The summed E-state index contributed by atoms with van der Waals surface area (Å²) in [7, 11) is 5.88. The van der Waals surface area contributed by atoms with Crippen LogP contribution in [0, 0.1) is 0 Å². The Morgan fingerprint density at radius 1 is 1.24 bits per heavy atom. The van der Waals surface area contributed by atoms with E-state index in [2.05, 4.69) is 27.6 Å². The predicted molar refractivity (Wildman–Crippen MR) is 100 cm³/mol. The molecule has 0 aliphatic carbocycles. The minimum Gasteiger partial charge on any atom is -0.378 e. The van der Waals surface area contributed by atoms with Crippen LogP contribution in [0.2, 0.25) is 0 Å². The molecule has 1 aliphatic heterocycles. The molecule has 8 heteroatoms. The molecule has 0 radical (unpaired) electrons. The van der Waals surface area contributed by atoms with Crippen molar-refractivity contribution in [3.05, 3.63) is 34.8 Å². The second-order valence-corrected chi connectivity index (χ2v) is 7.31. The second kappa shape index (κ2) is 7.20. The number of carbonyl (C=O) groups excluding carboxylic acids is 2. The lowest BCUT2D eigenvalue weighted by molar-refractivity contribution is -0.132. The molecular formula is C17H21N5O2S. The third-order valence-electron chi connectivity index (χ3n) is 3.97. The van der Waals surface area contributed by atoms with E-state index in [-0.39, 0.29) is 0 Å². The van der Waals surface area contributed by atoms with Crippen molar-refractivity contribution < 1.29 is 9.59 Å². The SMILES string of the molecule is CN1CCc2nc(NC(=O)C(=O)Nc3cccc(N(C)C)c3)sc2C1. The van der Waals surface area contributed by atoms with Gasteiger partial charge in [-0.25, -0.2) is 4.98 Å². The Morgan fingerprint density at radius 2 is 2.00 bits per heavy atom. The maximum Gasteiger partial charge on any atom is 0.315 e. The molecule has 25 heavy (non-hydrogen) atoms. The number of thiazole rings is 1. The van der Waals surface area contributed by atoms with Crippen LogP contribution in [0.1, 0.15) is 10.6 Å². The Labute approximate surface area is 150 Å². The van der Waals surface area contributed by atoms with Gasteiger partial charge in [0.2, 0.25) is 0 Å². The largest absolute Gasteiger partial charge is 0.378 e. The van der Waals surface area contributed by atoms with E-state index in [1.165, 1.54) is 11.3 Å². The van der Waals surface area contributed by atoms with Gasteiger partial charge in [0.05, 0.1) is 5.69 Å². The first kappa shape index (κ1) is 17.4. The number of benzene rings is 1. The zero-order valence-corrected chi connectivity index (χ0v) is 15.3. The molecule has 2 amide bonds. The molecule has 1 aliphatic rings. The van der Waals surface area contributed by atoms with Crippen molar-refractivity contribution in [1.82, 2.24) is 9.88 Å². The van der Waals surface area contributed by atoms with Gasteiger partial charge < -0.3 is 15.1 Å². The average Bonchev–Trinajstić information content (AvgIpc) is 2.96. The molecule has 0 fully saturated rings. The van der Waals surface area contributed by atoms with Crippen molar-refractivity contribution >= 4 is 39.7 Å². The molecule has 0 bridgehead atoms. The van der Waals surface area contributed by atoms with Crippen molar-refractivity contribution in [3.63, 3.8) is 0 Å². The first-order valence-electron chi connectivity index (χ1n) is 7.99. The summed E-state index contributed by atoms with van der Waals surface area (Å²) in [6.45, 7) is 1.78. The smallest absolute Gasteiger partial charge is 0.315 e. The van der Waals surface area contributed by atoms with Gasteiger partial charge in [0.15, 0.2) is 5.13 Å². The van der Waals surface area contributed by atoms with E-state index in [1.54, 1.807) is 6.07 Å². The number of fused-ring (bicyclic) bond motifs is 1. The zero-order valence-electron chi connectivity index (χ0n) is 14.5. The molecule has 1 aromatic heterocycles. The van der Waals surface area contributed by atoms with E-state index >= 15 is 0 Å². The second-order valence-electron chi connectivity index (χ2n) is 6.23. The fraction of sp³-hybridized carbons (Fsp3) is 0.353. The summed E-state index contributed by atoms with van der Waals surface area (Å²) >= 11 is 1.43. The number of anilines is 3. The fourth-order valence-corrected chi connectivity index (χ4v) is 3.66. The fourth-order valence-electron chi connectivity index (χ4n) is 2.58. The van der Waals surface area contributed by atoms with Crippen molar-refractivity contribution in [2.24, 2.45) is 0 Å². The first-order chi connectivity index (χ1) is 11.9. The van der Waals surface area contributed by atoms with Crippen LogP contribution in [0.25, 0.3) is 0 Å². The topological polar surface area (TPSA) is 77.6 Å². The van der Waals surface area contributed by atoms with Gasteiger partial charge in [0, 0.05) is 49.9 Å². The lowest BCUT2D eigenvalue weighted by atomic mass is 10.2. The molecule has 1 aromatic carbocycles. The van der Waals surface area contributed by atoms with Crippen molar-refractivity contribution in [1.29, 1.82) is 0 Å². The van der Waals surface area contributed by atoms with Gasteiger partial charge in [0.1, 0.15) is 0 Å². The number of hydrogen-bond donors (Lipinski definition) is 2. The molecule has 0 spiro atoms. The van der Waals surface area contributed by atoms with Gasteiger partial charge in [-0.1, -0.05) is 6.07 Å². The molecule has 132 valence electrons. The summed E-state index contributed by atoms with van der Waals surface area (Å²) in [6, 6.07) is 7.31. The van der Waals surface area contributed by atoms with E-state index in [9.17, 15) is 9.59 Å². The number of nitrogens with zero attached hydrogens (tertiary/aromatic N) is 3. The summed E-state index contributed by atoms with van der Waals surface area (Å²) in [4.78, 5) is 34.0. The third-order valence-corrected chi connectivity index (χ3v) is 4.97. The number of amides is 2. The highest BCUT2D eigenvalue weighted by Crippen LogP contribution is 2.27. The Balaban J connectivity index is 1.63. The van der Waals surface area contributed by atoms with E-state index in [4.69, 9.17) is 0 Å². The van der Waals surface area contributed by atoms with E-state index in [0.717, 1.165) is 35.8 Å². The van der Waals surface area contributed by atoms with Crippen LogP contribution in [0.4, 0.5) is 16.5 Å². The van der Waals surface area contributed by atoms with Crippen LogP contribution in [0.3, 0.4) is 0 Å². The summed E-state index contributed by atoms with van der Waals surface area (Å²) in [5.74, 6) is -1.42. The summed E-state index contributed by atoms with van der Waals surface area (Å²) in [5, 5.41) is 5.69. The lowest BCUT2D eigenvalue weighted by Crippen LogP contribution is -2.29. The van der Waals surface area contributed by atoms with E-state index < -0.39 is 11.8 Å². The van der Waals surface area contributed by atoms with Crippen molar-refractivity contribution in [2.75, 3.05) is 43.2 Å². The number of hydrogen-bond acceptors (Lipinski definition) is 6. The third kappa shape index (κ3) is 4.15. The molecule has 2 N–H and O–H groups in total. The molecule has 0 unspecified atom stereocenters. The number of nitrogens with one attached hydrogen (secondary N) is 2. The van der Waals surface area contributed by atoms with Crippen LogP contribution in [0.15, 0.2) is 24.3 Å². The quantitative estimate of drug-likeness (QED) is 0.817. The molecule has 3 rings (SSSR count). The Hall–Kier alpha value is -2.45. The number of rotatable bonds is 3. The highest BCUT2D eigenvalue weighted by atomic mass is 32.1. The molecule has 7 nitrogen and oxygen atoms in total. The highest BCUT2D eigenvalue weighted by Gasteiger charge is 2.21. The maximum absolute atomic E-state index is 12.1. The maximum atomic E-state index is 12.1. The minimum absolute atomic E-state index is 0.475. The van der Waals surface area contributed by atoms with Crippen LogP contribution in [0.5, 0.6) is 0 Å². The number of carbonyl (C=O) groups is 2. The van der Waals surface area contributed by atoms with E-state index in [0.29, 0.717) is 10.8 Å². The van der Waals surface area contributed by atoms with Gasteiger partial charge in [-0.2, -0.15) is 0 Å². The van der Waals surface area contributed by atoms with Gasteiger partial charge >= 0.3 is 11.8 Å². The standard InChI is InChI=1S/C17H21N5O2S/c1-21(2)12-6-4-5-11(9-12)18-15(23)16(24)20-17-19-13-7-8-22(3)10-14(13)25-17/h4-6,9H,7-8,10H2,1-3H3,(H,18,23)(H,19,20,24). The Bertz CT molecular complexity index is 802.